The number of aromatic nitrogens is 1. The maximum absolute atomic E-state index is 12.8. The molecule has 0 spiro atoms. The van der Waals surface area contributed by atoms with E-state index in [1.54, 1.807) is 41.4 Å². The summed E-state index contributed by atoms with van der Waals surface area (Å²) in [5, 5.41) is 3.15. The van der Waals surface area contributed by atoms with Crippen LogP contribution >= 0.6 is 0 Å². The highest BCUT2D eigenvalue weighted by atomic mass is 16.5. The highest BCUT2D eigenvalue weighted by molar-refractivity contribution is 6.06. The van der Waals surface area contributed by atoms with Crippen LogP contribution in [0.25, 0.3) is 0 Å². The molecule has 1 aromatic heterocycles. The van der Waals surface area contributed by atoms with Gasteiger partial charge >= 0.3 is 5.97 Å². The number of carbonyl (C=O) groups excluding carboxylic acids is 2. The van der Waals surface area contributed by atoms with E-state index in [0.717, 1.165) is 12.1 Å². The number of hydrogen-bond acceptors (Lipinski definition) is 5. The number of anilines is 3. The summed E-state index contributed by atoms with van der Waals surface area (Å²) in [4.78, 5) is 30.8. The van der Waals surface area contributed by atoms with Crippen molar-refractivity contribution < 1.29 is 14.3 Å². The Bertz CT molecular complexity index is 1030. The number of benzene rings is 2. The number of methoxy groups -OCH3 is 1. The number of fused-ring (bicyclic) bond motifs is 1. The number of nitrogens with zero attached hydrogens (tertiary/aromatic N) is 2. The molecule has 3 aromatic rings. The molecule has 0 fully saturated rings. The number of hydrogen-bond donors (Lipinski definition) is 1. The van der Waals surface area contributed by atoms with E-state index in [1.807, 2.05) is 30.3 Å². The second kappa shape index (κ2) is 7.52. The first-order chi connectivity index (χ1) is 13.7. The average molecular weight is 373 g/mol. The summed E-state index contributed by atoms with van der Waals surface area (Å²) >= 11 is 0. The second-order valence-electron chi connectivity index (χ2n) is 6.43. The van der Waals surface area contributed by atoms with Crippen LogP contribution < -0.4 is 10.2 Å². The van der Waals surface area contributed by atoms with Crippen molar-refractivity contribution in [2.24, 2.45) is 0 Å². The van der Waals surface area contributed by atoms with Crippen molar-refractivity contribution in [3.8, 4) is 0 Å². The minimum Gasteiger partial charge on any atom is -0.465 e. The van der Waals surface area contributed by atoms with E-state index in [4.69, 9.17) is 4.74 Å². The van der Waals surface area contributed by atoms with Crippen molar-refractivity contribution in [1.82, 2.24) is 4.98 Å². The minimum absolute atomic E-state index is 0.119. The zero-order valence-corrected chi connectivity index (χ0v) is 15.4. The third-order valence-electron chi connectivity index (χ3n) is 4.73. The molecule has 1 aliphatic heterocycles. The molecule has 140 valence electrons. The molecule has 4 rings (SSSR count). The summed E-state index contributed by atoms with van der Waals surface area (Å²) in [5.74, 6) is -0.540. The Morgan fingerprint density at radius 2 is 1.82 bits per heavy atom. The second-order valence-corrected chi connectivity index (χ2v) is 6.43. The quantitative estimate of drug-likeness (QED) is 0.704. The van der Waals surface area contributed by atoms with E-state index in [2.05, 4.69) is 10.3 Å². The molecule has 0 bridgehead atoms. The number of esters is 1. The van der Waals surface area contributed by atoms with E-state index >= 15 is 0 Å². The molecule has 1 N–H and O–H groups in total. The van der Waals surface area contributed by atoms with Gasteiger partial charge in [-0.1, -0.05) is 30.3 Å². The number of carbonyl (C=O) groups is 2. The predicted octanol–water partition coefficient (Wildman–Crippen LogP) is 3.81. The van der Waals surface area contributed by atoms with Crippen molar-refractivity contribution in [3.05, 3.63) is 83.7 Å². The van der Waals surface area contributed by atoms with Gasteiger partial charge in [0.2, 0.25) is 0 Å². The number of amides is 1. The lowest BCUT2D eigenvalue weighted by Crippen LogP contribution is -2.29. The van der Waals surface area contributed by atoms with Gasteiger partial charge < -0.3 is 15.0 Å². The molecular weight excluding hydrogens is 354 g/mol. The molecular formula is C22H19N3O3. The smallest absolute Gasteiger partial charge is 0.339 e. The SMILES string of the molecule is COC(=O)c1ccccc1Nc1ccc(C(=O)N2CCc3ccccc32)nc1. The van der Waals surface area contributed by atoms with Crippen LogP contribution in [0.5, 0.6) is 0 Å². The summed E-state index contributed by atoms with van der Waals surface area (Å²) in [7, 11) is 1.34. The van der Waals surface area contributed by atoms with Gasteiger partial charge in [0.25, 0.3) is 5.91 Å². The fraction of sp³-hybridized carbons (Fsp3) is 0.136. The average Bonchev–Trinajstić information content (AvgIpc) is 3.18. The fourth-order valence-electron chi connectivity index (χ4n) is 3.32. The van der Waals surface area contributed by atoms with Crippen LogP contribution in [0.15, 0.2) is 66.9 Å². The van der Waals surface area contributed by atoms with Crippen molar-refractivity contribution >= 4 is 28.9 Å². The lowest BCUT2D eigenvalue weighted by atomic mass is 10.1. The van der Waals surface area contributed by atoms with Crippen molar-refractivity contribution in [2.75, 3.05) is 23.9 Å². The van der Waals surface area contributed by atoms with Gasteiger partial charge in [-0.15, -0.1) is 0 Å². The van der Waals surface area contributed by atoms with Crippen molar-refractivity contribution in [2.45, 2.75) is 6.42 Å². The third-order valence-corrected chi connectivity index (χ3v) is 4.73. The summed E-state index contributed by atoms with van der Waals surface area (Å²) in [5.41, 5.74) is 4.22. The number of para-hydroxylation sites is 2. The normalized spacial score (nSPS) is 12.4. The molecule has 0 atom stereocenters. The molecule has 1 aliphatic rings. The van der Waals surface area contributed by atoms with E-state index in [9.17, 15) is 9.59 Å². The third kappa shape index (κ3) is 3.32. The van der Waals surface area contributed by atoms with Crippen LogP contribution in [-0.4, -0.2) is 30.5 Å². The summed E-state index contributed by atoms with van der Waals surface area (Å²) in [6.07, 6.45) is 2.44. The van der Waals surface area contributed by atoms with Gasteiger partial charge in [-0.3, -0.25) is 4.79 Å². The van der Waals surface area contributed by atoms with Crippen LogP contribution in [-0.2, 0) is 11.2 Å². The molecule has 2 aromatic carbocycles. The minimum atomic E-state index is -0.421. The molecule has 0 saturated heterocycles. The van der Waals surface area contributed by atoms with Gasteiger partial charge in [-0.2, -0.15) is 0 Å². The Hall–Kier alpha value is -3.67. The van der Waals surface area contributed by atoms with Crippen LogP contribution in [0.2, 0.25) is 0 Å². The maximum Gasteiger partial charge on any atom is 0.339 e. The van der Waals surface area contributed by atoms with Gasteiger partial charge in [-0.05, 0) is 42.3 Å². The lowest BCUT2D eigenvalue weighted by molar-refractivity contribution is 0.0601. The van der Waals surface area contributed by atoms with Crippen molar-refractivity contribution in [3.63, 3.8) is 0 Å². The zero-order chi connectivity index (χ0) is 19.5. The van der Waals surface area contributed by atoms with Crippen LogP contribution in [0, 0.1) is 0 Å². The first kappa shape index (κ1) is 17.7. The molecule has 0 saturated carbocycles. The molecule has 0 unspecified atom stereocenters. The number of ether oxygens (including phenoxy) is 1. The Morgan fingerprint density at radius 1 is 1.04 bits per heavy atom. The van der Waals surface area contributed by atoms with Gasteiger partial charge in [0, 0.05) is 12.2 Å². The Balaban J connectivity index is 1.53. The van der Waals surface area contributed by atoms with Crippen LogP contribution in [0.4, 0.5) is 17.1 Å². The number of rotatable bonds is 4. The largest absolute Gasteiger partial charge is 0.465 e. The number of pyridine rings is 1. The fourth-order valence-corrected chi connectivity index (χ4v) is 3.32. The predicted molar refractivity (Wildman–Crippen MR) is 107 cm³/mol. The summed E-state index contributed by atoms with van der Waals surface area (Å²) < 4.78 is 4.81. The van der Waals surface area contributed by atoms with Crippen molar-refractivity contribution in [1.29, 1.82) is 0 Å². The molecule has 0 aliphatic carbocycles. The van der Waals surface area contributed by atoms with E-state index in [-0.39, 0.29) is 5.91 Å². The topological polar surface area (TPSA) is 71.5 Å². The zero-order valence-electron chi connectivity index (χ0n) is 15.4. The highest BCUT2D eigenvalue weighted by Gasteiger charge is 2.25. The molecule has 0 radical (unpaired) electrons. The molecule has 6 heteroatoms. The summed E-state index contributed by atoms with van der Waals surface area (Å²) in [6, 6.07) is 18.4. The van der Waals surface area contributed by atoms with E-state index in [1.165, 1.54) is 12.7 Å². The van der Waals surface area contributed by atoms with Gasteiger partial charge in [0.05, 0.1) is 30.2 Å². The highest BCUT2D eigenvalue weighted by Crippen LogP contribution is 2.29. The maximum atomic E-state index is 12.8. The molecule has 6 nitrogen and oxygen atoms in total. The standard InChI is InChI=1S/C22H19N3O3/c1-28-22(27)17-7-3-4-8-18(17)24-16-10-11-19(23-14-16)21(26)25-13-12-15-6-2-5-9-20(15)25/h2-11,14,24H,12-13H2,1H3. The van der Waals surface area contributed by atoms with Gasteiger partial charge in [-0.25, -0.2) is 9.78 Å². The Morgan fingerprint density at radius 3 is 2.61 bits per heavy atom. The lowest BCUT2D eigenvalue weighted by Gasteiger charge is -2.17. The van der Waals surface area contributed by atoms with Crippen LogP contribution in [0.3, 0.4) is 0 Å². The van der Waals surface area contributed by atoms with E-state index < -0.39 is 5.97 Å². The summed E-state index contributed by atoms with van der Waals surface area (Å²) in [6.45, 7) is 0.659. The Kier molecular flexibility index (Phi) is 4.76. The number of nitrogens with one attached hydrogen (secondary N) is 1. The molecule has 1 amide bonds. The monoisotopic (exact) mass is 373 g/mol. The molecule has 28 heavy (non-hydrogen) atoms. The Labute approximate surface area is 162 Å². The first-order valence-electron chi connectivity index (χ1n) is 8.97. The van der Waals surface area contributed by atoms with Gasteiger partial charge in [0.1, 0.15) is 5.69 Å². The van der Waals surface area contributed by atoms with Crippen LogP contribution in [0.1, 0.15) is 26.4 Å². The van der Waals surface area contributed by atoms with E-state index in [0.29, 0.717) is 29.2 Å². The molecule has 2 heterocycles. The first-order valence-corrected chi connectivity index (χ1v) is 8.97. The van der Waals surface area contributed by atoms with Gasteiger partial charge in [0.15, 0.2) is 0 Å².